The SMILES string of the molecule is CCCN(CC(=O)c1cc(C)[nH]c1C)C(C)C. The van der Waals surface area contributed by atoms with E-state index in [1.807, 2.05) is 19.9 Å². The number of aryl methyl sites for hydroxylation is 2. The third-order valence-electron chi connectivity index (χ3n) is 3.04. The standard InChI is InChI=1S/C14H24N2O/c1-6-7-16(10(2)3)9-14(17)13-8-11(4)15-12(13)5/h8,10,15H,6-7,9H2,1-5H3. The molecule has 0 radical (unpaired) electrons. The zero-order valence-corrected chi connectivity index (χ0v) is 11.6. The van der Waals surface area contributed by atoms with Crippen molar-refractivity contribution in [2.75, 3.05) is 13.1 Å². The number of carbonyl (C=O) groups excluding carboxylic acids is 1. The average molecular weight is 236 g/mol. The van der Waals surface area contributed by atoms with Crippen LogP contribution in [0.2, 0.25) is 0 Å². The summed E-state index contributed by atoms with van der Waals surface area (Å²) < 4.78 is 0. The smallest absolute Gasteiger partial charge is 0.178 e. The highest BCUT2D eigenvalue weighted by atomic mass is 16.1. The summed E-state index contributed by atoms with van der Waals surface area (Å²) in [5, 5.41) is 0. The monoisotopic (exact) mass is 236 g/mol. The van der Waals surface area contributed by atoms with Gasteiger partial charge in [-0.3, -0.25) is 9.69 Å². The number of nitrogens with zero attached hydrogens (tertiary/aromatic N) is 1. The van der Waals surface area contributed by atoms with Crippen LogP contribution >= 0.6 is 0 Å². The van der Waals surface area contributed by atoms with E-state index in [1.54, 1.807) is 0 Å². The highest BCUT2D eigenvalue weighted by molar-refractivity contribution is 5.98. The van der Waals surface area contributed by atoms with Gasteiger partial charge < -0.3 is 4.98 Å². The van der Waals surface area contributed by atoms with Crippen molar-refractivity contribution in [3.8, 4) is 0 Å². The molecule has 1 rings (SSSR count). The topological polar surface area (TPSA) is 36.1 Å². The lowest BCUT2D eigenvalue weighted by Crippen LogP contribution is -2.36. The summed E-state index contributed by atoms with van der Waals surface area (Å²) in [6, 6.07) is 2.36. The van der Waals surface area contributed by atoms with E-state index in [0.717, 1.165) is 29.9 Å². The van der Waals surface area contributed by atoms with Crippen molar-refractivity contribution in [3.63, 3.8) is 0 Å². The molecule has 0 spiro atoms. The van der Waals surface area contributed by atoms with Crippen LogP contribution in [0.15, 0.2) is 6.07 Å². The van der Waals surface area contributed by atoms with Crippen molar-refractivity contribution in [3.05, 3.63) is 23.0 Å². The molecule has 0 aromatic carbocycles. The van der Waals surface area contributed by atoms with Crippen LogP contribution in [-0.2, 0) is 0 Å². The van der Waals surface area contributed by atoms with Gasteiger partial charge in [0.05, 0.1) is 6.54 Å². The molecule has 1 heterocycles. The first kappa shape index (κ1) is 14.0. The molecule has 96 valence electrons. The van der Waals surface area contributed by atoms with Gasteiger partial charge in [0.1, 0.15) is 0 Å². The lowest BCUT2D eigenvalue weighted by molar-refractivity contribution is 0.0905. The molecule has 17 heavy (non-hydrogen) atoms. The first-order valence-electron chi connectivity index (χ1n) is 6.39. The van der Waals surface area contributed by atoms with Crippen LogP contribution in [0.3, 0.4) is 0 Å². The number of H-pyrrole nitrogens is 1. The Hall–Kier alpha value is -1.09. The second-order valence-corrected chi connectivity index (χ2v) is 4.98. The van der Waals surface area contributed by atoms with Gasteiger partial charge >= 0.3 is 0 Å². The number of hydrogen-bond donors (Lipinski definition) is 1. The Morgan fingerprint density at radius 2 is 2.06 bits per heavy atom. The number of aromatic amines is 1. The largest absolute Gasteiger partial charge is 0.362 e. The molecular formula is C14H24N2O. The number of carbonyl (C=O) groups is 1. The van der Waals surface area contributed by atoms with Crippen LogP contribution in [0.1, 0.15) is 48.9 Å². The van der Waals surface area contributed by atoms with Crippen LogP contribution < -0.4 is 0 Å². The van der Waals surface area contributed by atoms with Crippen molar-refractivity contribution in [2.24, 2.45) is 0 Å². The van der Waals surface area contributed by atoms with E-state index in [9.17, 15) is 4.79 Å². The highest BCUT2D eigenvalue weighted by Gasteiger charge is 2.17. The predicted molar refractivity (Wildman–Crippen MR) is 71.6 cm³/mol. The molecule has 0 saturated heterocycles. The minimum absolute atomic E-state index is 0.217. The van der Waals surface area contributed by atoms with E-state index in [1.165, 1.54) is 0 Å². The summed E-state index contributed by atoms with van der Waals surface area (Å²) in [5.74, 6) is 0.217. The Morgan fingerprint density at radius 1 is 1.41 bits per heavy atom. The number of aromatic nitrogens is 1. The summed E-state index contributed by atoms with van der Waals surface area (Å²) in [5.41, 5.74) is 2.87. The fraction of sp³-hybridized carbons (Fsp3) is 0.643. The minimum atomic E-state index is 0.217. The lowest BCUT2D eigenvalue weighted by atomic mass is 10.1. The maximum Gasteiger partial charge on any atom is 0.178 e. The van der Waals surface area contributed by atoms with E-state index in [2.05, 4.69) is 30.7 Å². The van der Waals surface area contributed by atoms with Gasteiger partial charge in [-0.25, -0.2) is 0 Å². The molecule has 0 aliphatic heterocycles. The maximum atomic E-state index is 12.2. The van der Waals surface area contributed by atoms with Gasteiger partial charge in [0.15, 0.2) is 5.78 Å². The summed E-state index contributed by atoms with van der Waals surface area (Å²) in [6.45, 7) is 11.9. The van der Waals surface area contributed by atoms with Crippen LogP contribution in [0, 0.1) is 13.8 Å². The van der Waals surface area contributed by atoms with Crippen molar-refractivity contribution in [2.45, 2.75) is 47.1 Å². The molecule has 3 nitrogen and oxygen atoms in total. The predicted octanol–water partition coefficient (Wildman–Crippen LogP) is 2.93. The van der Waals surface area contributed by atoms with E-state index in [0.29, 0.717) is 12.6 Å². The molecule has 0 atom stereocenters. The Morgan fingerprint density at radius 3 is 2.47 bits per heavy atom. The molecule has 1 aromatic rings. The van der Waals surface area contributed by atoms with Crippen molar-refractivity contribution >= 4 is 5.78 Å². The summed E-state index contributed by atoms with van der Waals surface area (Å²) in [4.78, 5) is 17.6. The molecule has 0 aliphatic rings. The van der Waals surface area contributed by atoms with Gasteiger partial charge in [-0.2, -0.15) is 0 Å². The lowest BCUT2D eigenvalue weighted by Gasteiger charge is -2.24. The Bertz CT molecular complexity index is 380. The summed E-state index contributed by atoms with van der Waals surface area (Å²) in [7, 11) is 0. The number of hydrogen-bond acceptors (Lipinski definition) is 2. The summed E-state index contributed by atoms with van der Waals surface area (Å²) >= 11 is 0. The first-order chi connectivity index (χ1) is 7.95. The molecule has 3 heteroatoms. The third kappa shape index (κ3) is 3.70. The molecular weight excluding hydrogens is 212 g/mol. The Labute approximate surface area is 104 Å². The summed E-state index contributed by atoms with van der Waals surface area (Å²) in [6.07, 6.45) is 1.08. The molecule has 0 bridgehead atoms. The number of ketones is 1. The second kappa shape index (κ2) is 6.01. The Balaban J connectivity index is 2.73. The molecule has 0 unspecified atom stereocenters. The maximum absolute atomic E-state index is 12.2. The molecule has 0 saturated carbocycles. The zero-order valence-electron chi connectivity index (χ0n) is 11.6. The quantitative estimate of drug-likeness (QED) is 0.771. The van der Waals surface area contributed by atoms with Crippen LogP contribution in [0.4, 0.5) is 0 Å². The number of Topliss-reactive ketones (excluding diaryl/α,β-unsaturated/α-hetero) is 1. The Kier molecular flexibility index (Phi) is 4.94. The average Bonchev–Trinajstić information content (AvgIpc) is 2.57. The fourth-order valence-corrected chi connectivity index (χ4v) is 2.09. The molecule has 1 N–H and O–H groups in total. The fourth-order valence-electron chi connectivity index (χ4n) is 2.09. The molecule has 0 amide bonds. The van der Waals surface area contributed by atoms with Crippen LogP contribution in [0.25, 0.3) is 0 Å². The van der Waals surface area contributed by atoms with Gasteiger partial charge in [-0.15, -0.1) is 0 Å². The third-order valence-corrected chi connectivity index (χ3v) is 3.04. The second-order valence-electron chi connectivity index (χ2n) is 4.98. The zero-order chi connectivity index (χ0) is 13.0. The normalized spacial score (nSPS) is 11.5. The van der Waals surface area contributed by atoms with Gasteiger partial charge in [0.2, 0.25) is 0 Å². The van der Waals surface area contributed by atoms with Crippen molar-refractivity contribution in [1.82, 2.24) is 9.88 Å². The van der Waals surface area contributed by atoms with E-state index < -0.39 is 0 Å². The minimum Gasteiger partial charge on any atom is -0.362 e. The number of nitrogens with one attached hydrogen (secondary N) is 1. The van der Waals surface area contributed by atoms with Crippen LogP contribution in [0.5, 0.6) is 0 Å². The van der Waals surface area contributed by atoms with E-state index >= 15 is 0 Å². The van der Waals surface area contributed by atoms with Gasteiger partial charge in [0.25, 0.3) is 0 Å². The van der Waals surface area contributed by atoms with E-state index in [4.69, 9.17) is 0 Å². The molecule has 0 aliphatic carbocycles. The van der Waals surface area contributed by atoms with Crippen LogP contribution in [-0.4, -0.2) is 34.8 Å². The molecule has 0 fully saturated rings. The number of rotatable bonds is 6. The van der Waals surface area contributed by atoms with Gasteiger partial charge in [-0.1, -0.05) is 6.92 Å². The van der Waals surface area contributed by atoms with Crippen molar-refractivity contribution < 1.29 is 4.79 Å². The van der Waals surface area contributed by atoms with Gasteiger partial charge in [-0.05, 0) is 46.7 Å². The molecule has 1 aromatic heterocycles. The highest BCUT2D eigenvalue weighted by Crippen LogP contribution is 2.12. The van der Waals surface area contributed by atoms with Gasteiger partial charge in [0, 0.05) is 23.0 Å². The first-order valence-corrected chi connectivity index (χ1v) is 6.39. The van der Waals surface area contributed by atoms with Crippen molar-refractivity contribution in [1.29, 1.82) is 0 Å². The van der Waals surface area contributed by atoms with E-state index in [-0.39, 0.29) is 5.78 Å².